The summed E-state index contributed by atoms with van der Waals surface area (Å²) in [6, 6.07) is 5.18. The number of alkyl halides is 1. The molecule has 2 heterocycles. The van der Waals surface area contributed by atoms with Crippen LogP contribution < -0.4 is 15.8 Å². The third-order valence-electron chi connectivity index (χ3n) is 4.18. The fraction of sp³-hybridized carbons (Fsp3) is 0.389. The fourth-order valence-electron chi connectivity index (χ4n) is 2.59. The average Bonchev–Trinajstić information content (AvgIpc) is 2.90. The molecule has 1 aromatic carbocycles. The van der Waals surface area contributed by atoms with Crippen LogP contribution in [0.5, 0.6) is 5.75 Å². The SMILES string of the molecule is C/C(N)=C(/S)COc1ccc2oc(C)c(C(=O)NCC3(F)COC3)c2c1. The molecular formula is C18H21FN2O4S. The number of allylic oxidation sites excluding steroid dienone is 1. The first kappa shape index (κ1) is 18.6. The number of hydrogen-bond acceptors (Lipinski definition) is 6. The number of carbonyl (C=O) groups is 1. The van der Waals surface area contributed by atoms with Gasteiger partial charge in [0, 0.05) is 16.0 Å². The van der Waals surface area contributed by atoms with E-state index in [1.807, 2.05) is 0 Å². The van der Waals surface area contributed by atoms with Gasteiger partial charge in [0.25, 0.3) is 5.91 Å². The van der Waals surface area contributed by atoms with Crippen LogP contribution in [0.2, 0.25) is 0 Å². The molecule has 1 aromatic heterocycles. The Balaban J connectivity index is 1.80. The van der Waals surface area contributed by atoms with Gasteiger partial charge in [-0.05, 0) is 32.0 Å². The summed E-state index contributed by atoms with van der Waals surface area (Å²) in [5.41, 5.74) is 5.66. The van der Waals surface area contributed by atoms with E-state index in [2.05, 4.69) is 17.9 Å². The van der Waals surface area contributed by atoms with Gasteiger partial charge >= 0.3 is 0 Å². The van der Waals surface area contributed by atoms with Gasteiger partial charge < -0.3 is 24.9 Å². The maximum absolute atomic E-state index is 14.0. The van der Waals surface area contributed by atoms with Gasteiger partial charge in [0.05, 0.1) is 25.3 Å². The summed E-state index contributed by atoms with van der Waals surface area (Å²) in [5, 5.41) is 3.22. The van der Waals surface area contributed by atoms with Crippen molar-refractivity contribution < 1.29 is 23.1 Å². The lowest BCUT2D eigenvalue weighted by atomic mass is 10.0. The van der Waals surface area contributed by atoms with Crippen LogP contribution in [0.1, 0.15) is 23.0 Å². The van der Waals surface area contributed by atoms with E-state index < -0.39 is 11.6 Å². The predicted molar refractivity (Wildman–Crippen MR) is 99.3 cm³/mol. The summed E-state index contributed by atoms with van der Waals surface area (Å²) in [6.45, 7) is 3.55. The van der Waals surface area contributed by atoms with Gasteiger partial charge in [0.15, 0.2) is 5.67 Å². The largest absolute Gasteiger partial charge is 0.488 e. The van der Waals surface area contributed by atoms with E-state index in [1.54, 1.807) is 32.0 Å². The van der Waals surface area contributed by atoms with Crippen molar-refractivity contribution in [3.8, 4) is 5.75 Å². The number of aryl methyl sites for hydroxylation is 1. The molecule has 0 aliphatic carbocycles. The van der Waals surface area contributed by atoms with Crippen LogP contribution in [0.3, 0.4) is 0 Å². The number of carbonyl (C=O) groups excluding carboxylic acids is 1. The molecular weight excluding hydrogens is 359 g/mol. The third-order valence-corrected chi connectivity index (χ3v) is 4.66. The van der Waals surface area contributed by atoms with Crippen LogP contribution in [0.4, 0.5) is 4.39 Å². The monoisotopic (exact) mass is 380 g/mol. The minimum Gasteiger partial charge on any atom is -0.488 e. The molecule has 0 radical (unpaired) electrons. The Morgan fingerprint density at radius 3 is 2.81 bits per heavy atom. The zero-order chi connectivity index (χ0) is 18.9. The van der Waals surface area contributed by atoms with Crippen LogP contribution in [-0.4, -0.2) is 37.9 Å². The fourth-order valence-corrected chi connectivity index (χ4v) is 2.65. The van der Waals surface area contributed by atoms with E-state index in [0.717, 1.165) is 0 Å². The molecule has 3 N–H and O–H groups in total. The van der Waals surface area contributed by atoms with Crippen molar-refractivity contribution in [1.29, 1.82) is 0 Å². The summed E-state index contributed by atoms with van der Waals surface area (Å²) < 4.78 is 30.2. The van der Waals surface area contributed by atoms with Crippen molar-refractivity contribution in [1.82, 2.24) is 5.32 Å². The molecule has 1 fully saturated rings. The summed E-state index contributed by atoms with van der Waals surface area (Å²) in [6.07, 6.45) is 0. The first-order chi connectivity index (χ1) is 12.3. The Hall–Kier alpha value is -2.19. The Kier molecular flexibility index (Phi) is 5.15. The minimum absolute atomic E-state index is 0.00345. The normalized spacial score (nSPS) is 16.8. The smallest absolute Gasteiger partial charge is 0.255 e. The molecule has 0 bridgehead atoms. The molecule has 6 nitrogen and oxygen atoms in total. The molecule has 0 spiro atoms. The van der Waals surface area contributed by atoms with Crippen LogP contribution >= 0.6 is 12.6 Å². The molecule has 140 valence electrons. The van der Waals surface area contributed by atoms with E-state index in [0.29, 0.717) is 38.6 Å². The number of furan rings is 1. The predicted octanol–water partition coefficient (Wildman–Crippen LogP) is 2.71. The first-order valence-electron chi connectivity index (χ1n) is 8.14. The molecule has 3 rings (SSSR count). The van der Waals surface area contributed by atoms with Crippen LogP contribution in [-0.2, 0) is 4.74 Å². The quantitative estimate of drug-likeness (QED) is 0.671. The van der Waals surface area contributed by atoms with Crippen molar-refractivity contribution >= 4 is 29.5 Å². The number of nitrogens with two attached hydrogens (primary N) is 1. The molecule has 2 aromatic rings. The van der Waals surface area contributed by atoms with E-state index >= 15 is 0 Å². The topological polar surface area (TPSA) is 86.7 Å². The van der Waals surface area contributed by atoms with E-state index in [-0.39, 0.29) is 26.4 Å². The molecule has 8 heteroatoms. The number of halogens is 1. The Labute approximate surface area is 155 Å². The highest BCUT2D eigenvalue weighted by Gasteiger charge is 2.39. The van der Waals surface area contributed by atoms with Gasteiger partial charge in [-0.25, -0.2) is 4.39 Å². The van der Waals surface area contributed by atoms with Crippen molar-refractivity contribution in [2.75, 3.05) is 26.4 Å². The number of ether oxygens (including phenoxy) is 2. The highest BCUT2D eigenvalue weighted by atomic mass is 32.1. The lowest BCUT2D eigenvalue weighted by molar-refractivity contribution is -0.126. The number of thiol groups is 1. The van der Waals surface area contributed by atoms with Crippen LogP contribution in [0.25, 0.3) is 11.0 Å². The number of hydrogen-bond donors (Lipinski definition) is 3. The van der Waals surface area contributed by atoms with Crippen molar-refractivity contribution in [2.24, 2.45) is 5.73 Å². The molecule has 1 aliphatic heterocycles. The van der Waals surface area contributed by atoms with Gasteiger partial charge in [-0.15, -0.1) is 12.6 Å². The molecule has 1 amide bonds. The van der Waals surface area contributed by atoms with Gasteiger partial charge in [0.1, 0.15) is 23.7 Å². The average molecular weight is 380 g/mol. The lowest BCUT2D eigenvalue weighted by Crippen LogP contribution is -2.53. The van der Waals surface area contributed by atoms with Crippen molar-refractivity contribution in [2.45, 2.75) is 19.5 Å². The van der Waals surface area contributed by atoms with Gasteiger partial charge in [-0.2, -0.15) is 0 Å². The molecule has 1 saturated heterocycles. The number of benzene rings is 1. The highest BCUT2D eigenvalue weighted by Crippen LogP contribution is 2.30. The third kappa shape index (κ3) is 3.81. The summed E-state index contributed by atoms with van der Waals surface area (Å²) in [7, 11) is 0. The molecule has 0 saturated carbocycles. The lowest BCUT2D eigenvalue weighted by Gasteiger charge is -2.33. The summed E-state index contributed by atoms with van der Waals surface area (Å²) >= 11 is 4.26. The summed E-state index contributed by atoms with van der Waals surface area (Å²) in [5.74, 6) is 0.615. The second-order valence-corrected chi connectivity index (χ2v) is 6.98. The second-order valence-electron chi connectivity index (χ2n) is 6.44. The van der Waals surface area contributed by atoms with Gasteiger partial charge in [0.2, 0.25) is 0 Å². The van der Waals surface area contributed by atoms with Crippen molar-refractivity contribution in [3.63, 3.8) is 0 Å². The van der Waals surface area contributed by atoms with E-state index in [1.165, 1.54) is 0 Å². The van der Waals surface area contributed by atoms with Crippen molar-refractivity contribution in [3.05, 3.63) is 40.1 Å². The van der Waals surface area contributed by atoms with E-state index in [9.17, 15) is 9.18 Å². The zero-order valence-electron chi connectivity index (χ0n) is 14.6. The number of fused-ring (bicyclic) bond motifs is 1. The Morgan fingerprint density at radius 2 is 2.19 bits per heavy atom. The van der Waals surface area contributed by atoms with Gasteiger partial charge in [-0.1, -0.05) is 0 Å². The summed E-state index contributed by atoms with van der Waals surface area (Å²) in [4.78, 5) is 13.2. The number of rotatable bonds is 6. The molecule has 26 heavy (non-hydrogen) atoms. The second kappa shape index (κ2) is 7.20. The molecule has 0 atom stereocenters. The standard InChI is InChI=1S/C18H21FN2O4S/c1-10(20)15(26)6-24-12-3-4-14-13(5-12)16(11(2)25-14)17(22)21-7-18(19)8-23-9-18/h3-5,26H,6-9,20H2,1-2H3,(H,21,22)/b15-10-. The van der Waals surface area contributed by atoms with Crippen LogP contribution in [0.15, 0.2) is 33.2 Å². The maximum atomic E-state index is 14.0. The highest BCUT2D eigenvalue weighted by molar-refractivity contribution is 7.84. The van der Waals surface area contributed by atoms with E-state index in [4.69, 9.17) is 19.6 Å². The number of amides is 1. The van der Waals surface area contributed by atoms with Gasteiger partial charge in [-0.3, -0.25) is 4.79 Å². The minimum atomic E-state index is -1.49. The Morgan fingerprint density at radius 1 is 1.46 bits per heavy atom. The molecule has 1 aliphatic rings. The maximum Gasteiger partial charge on any atom is 0.255 e. The molecule has 0 unspecified atom stereocenters. The van der Waals surface area contributed by atoms with Crippen LogP contribution in [0, 0.1) is 6.92 Å². The first-order valence-corrected chi connectivity index (χ1v) is 8.59. The zero-order valence-corrected chi connectivity index (χ0v) is 15.5. The Bertz CT molecular complexity index is 869. The number of nitrogens with one attached hydrogen (secondary N) is 1.